The Morgan fingerprint density at radius 3 is 2.45 bits per heavy atom. The van der Waals surface area contributed by atoms with Gasteiger partial charge in [-0.3, -0.25) is 9.80 Å². The summed E-state index contributed by atoms with van der Waals surface area (Å²) in [5, 5.41) is 2.88. The summed E-state index contributed by atoms with van der Waals surface area (Å²) < 4.78 is 39.5. The van der Waals surface area contributed by atoms with Gasteiger partial charge in [0, 0.05) is 30.9 Å². The number of ether oxygens (including phenoxy) is 2. The number of benzene rings is 3. The van der Waals surface area contributed by atoms with Gasteiger partial charge in [0.25, 0.3) is 0 Å². The lowest BCUT2D eigenvalue weighted by atomic mass is 9.73. The summed E-state index contributed by atoms with van der Waals surface area (Å²) in [6.07, 6.45) is 2.62. The van der Waals surface area contributed by atoms with Crippen LogP contribution in [0.1, 0.15) is 29.5 Å². The van der Waals surface area contributed by atoms with E-state index in [0.29, 0.717) is 28.4 Å². The summed E-state index contributed by atoms with van der Waals surface area (Å²) >= 11 is 0. The van der Waals surface area contributed by atoms with E-state index in [4.69, 9.17) is 9.47 Å². The highest BCUT2D eigenvalue weighted by Gasteiger charge is 2.53. The molecule has 3 aliphatic rings. The summed E-state index contributed by atoms with van der Waals surface area (Å²) in [5.74, 6) is -0.134. The molecule has 200 valence electrons. The molecule has 3 aliphatic heterocycles. The third-order valence-electron chi connectivity index (χ3n) is 8.35. The Morgan fingerprint density at radius 1 is 1.00 bits per heavy atom. The van der Waals surface area contributed by atoms with Crippen molar-refractivity contribution in [3.05, 3.63) is 95.1 Å². The molecule has 0 aliphatic carbocycles. The third kappa shape index (κ3) is 5.83. The molecule has 1 N–H and O–H groups in total. The van der Waals surface area contributed by atoms with Crippen LogP contribution in [0.15, 0.2) is 66.7 Å². The van der Waals surface area contributed by atoms with E-state index in [1.807, 2.05) is 43.3 Å². The van der Waals surface area contributed by atoms with Crippen LogP contribution in [0.3, 0.4) is 0 Å². The molecule has 3 unspecified atom stereocenters. The summed E-state index contributed by atoms with van der Waals surface area (Å²) in [4.78, 5) is 12.9. The number of nitrogens with one attached hydrogen (secondary N) is 1. The number of anilines is 1. The number of carbonyl (C=O) groups is 1. The molecule has 7 heteroatoms. The highest BCUT2D eigenvalue weighted by Crippen LogP contribution is 2.44. The predicted octanol–water partition coefficient (Wildman–Crippen LogP) is 6.50. The zero-order valence-electron chi connectivity index (χ0n) is 22.0. The minimum atomic E-state index is -0.821. The Bertz CT molecular complexity index is 1270. The van der Waals surface area contributed by atoms with E-state index in [1.54, 1.807) is 13.2 Å². The second-order valence-corrected chi connectivity index (χ2v) is 10.8. The van der Waals surface area contributed by atoms with Crippen LogP contribution in [0, 0.1) is 30.4 Å². The van der Waals surface area contributed by atoms with Crippen molar-refractivity contribution < 1.29 is 27.5 Å². The van der Waals surface area contributed by atoms with Crippen LogP contribution < -0.4 is 10.1 Å². The highest BCUT2D eigenvalue weighted by molar-refractivity contribution is 5.84. The maximum atomic E-state index is 13.9. The van der Waals surface area contributed by atoms with Gasteiger partial charge in [0.2, 0.25) is 6.23 Å². The third-order valence-corrected chi connectivity index (χ3v) is 8.35. The first-order valence-electron chi connectivity index (χ1n) is 13.3. The Labute approximate surface area is 223 Å². The molecule has 0 aromatic heterocycles. The summed E-state index contributed by atoms with van der Waals surface area (Å²) in [7, 11) is 1.65. The van der Waals surface area contributed by atoms with Crippen molar-refractivity contribution in [3.8, 4) is 5.75 Å². The molecule has 4 atom stereocenters. The molecule has 5 nitrogen and oxygen atoms in total. The fourth-order valence-electron chi connectivity index (χ4n) is 6.18. The van der Waals surface area contributed by atoms with Crippen LogP contribution >= 0.6 is 0 Å². The minimum Gasteiger partial charge on any atom is -0.497 e. The molecule has 3 saturated heterocycles. The van der Waals surface area contributed by atoms with Gasteiger partial charge in [-0.1, -0.05) is 35.9 Å². The number of piperidine rings is 3. The molecule has 38 heavy (non-hydrogen) atoms. The van der Waals surface area contributed by atoms with E-state index in [0.717, 1.165) is 55.8 Å². The Balaban J connectivity index is 1.33. The second-order valence-electron chi connectivity index (χ2n) is 10.8. The lowest BCUT2D eigenvalue weighted by Gasteiger charge is -2.56. The van der Waals surface area contributed by atoms with Crippen molar-refractivity contribution in [1.29, 1.82) is 0 Å². The van der Waals surface area contributed by atoms with Crippen molar-refractivity contribution in [2.45, 2.75) is 38.8 Å². The zero-order chi connectivity index (χ0) is 26.7. The number of fused-ring (bicyclic) bond motifs is 3. The van der Waals surface area contributed by atoms with E-state index in [2.05, 4.69) is 17.4 Å². The second kappa shape index (κ2) is 11.1. The molecular formula is C31H35F2N2O3+. The average molecular weight is 522 g/mol. The number of carbonyl (C=O) groups excluding carboxylic acids is 1. The van der Waals surface area contributed by atoms with Gasteiger partial charge in [-0.05, 0) is 66.8 Å². The van der Waals surface area contributed by atoms with Crippen molar-refractivity contribution in [2.24, 2.45) is 11.8 Å². The van der Waals surface area contributed by atoms with Gasteiger partial charge in [0.1, 0.15) is 5.75 Å². The molecular weight excluding hydrogens is 486 g/mol. The number of hydrogen-bond acceptors (Lipinski definition) is 3. The van der Waals surface area contributed by atoms with Crippen LogP contribution in [0.2, 0.25) is 0 Å². The van der Waals surface area contributed by atoms with E-state index in [9.17, 15) is 13.6 Å². The number of methoxy groups -OCH3 is 1. The SMILES string of the molecule is COc1ccc(CC[N+]23CCC(C[C@H]2OC(=O)Nc2ccc(C)cc2)C(Cc2ccc(F)c(F)c2)C3)cc1. The van der Waals surface area contributed by atoms with E-state index < -0.39 is 17.7 Å². The van der Waals surface area contributed by atoms with Crippen LogP contribution in [0.25, 0.3) is 0 Å². The Hall–Kier alpha value is -3.45. The monoisotopic (exact) mass is 521 g/mol. The molecule has 1 amide bonds. The Kier molecular flexibility index (Phi) is 7.65. The van der Waals surface area contributed by atoms with Crippen LogP contribution in [-0.4, -0.2) is 43.5 Å². The number of nitrogens with zero attached hydrogens (tertiary/aromatic N) is 1. The first kappa shape index (κ1) is 26.2. The standard InChI is InChI=1S/C31H34F2N2O3/c1-21-3-8-26(9-4-21)34-31(36)38-30-19-24-14-16-35(30,15-13-22-5-10-27(37-2)11-6-22)20-25(24)17-23-7-12-28(32)29(33)18-23/h3-12,18,24-25,30H,13-17,19-20H2,1-2H3/p+1/t24?,25?,30-,35?/m1/s1. The van der Waals surface area contributed by atoms with Gasteiger partial charge in [-0.2, -0.15) is 0 Å². The summed E-state index contributed by atoms with van der Waals surface area (Å²) in [6, 6.07) is 19.9. The number of hydrogen-bond donors (Lipinski definition) is 1. The normalized spacial score (nSPS) is 24.2. The fraction of sp³-hybridized carbons (Fsp3) is 0.387. The molecule has 6 rings (SSSR count). The highest BCUT2D eigenvalue weighted by atomic mass is 19.2. The van der Waals surface area contributed by atoms with Gasteiger partial charge < -0.3 is 9.47 Å². The Morgan fingerprint density at radius 2 is 1.74 bits per heavy atom. The lowest BCUT2D eigenvalue weighted by molar-refractivity contribution is -0.987. The molecule has 3 heterocycles. The molecule has 3 fully saturated rings. The van der Waals surface area contributed by atoms with Gasteiger partial charge in [0.05, 0.1) is 26.7 Å². The smallest absolute Gasteiger partial charge is 0.416 e. The van der Waals surface area contributed by atoms with Crippen molar-refractivity contribution >= 4 is 11.8 Å². The van der Waals surface area contributed by atoms with Gasteiger partial charge in [-0.15, -0.1) is 0 Å². The molecule has 0 radical (unpaired) electrons. The maximum Gasteiger partial charge on any atom is 0.416 e. The maximum absolute atomic E-state index is 13.9. The van der Waals surface area contributed by atoms with Gasteiger partial charge in [-0.25, -0.2) is 13.6 Å². The molecule has 0 spiro atoms. The molecule has 0 saturated carbocycles. The number of amides is 1. The fourth-order valence-corrected chi connectivity index (χ4v) is 6.18. The van der Waals surface area contributed by atoms with Crippen LogP contribution in [0.4, 0.5) is 19.3 Å². The molecule has 3 aromatic rings. The van der Waals surface area contributed by atoms with E-state index in [1.165, 1.54) is 17.7 Å². The largest absolute Gasteiger partial charge is 0.497 e. The first-order valence-corrected chi connectivity index (χ1v) is 13.3. The first-order chi connectivity index (χ1) is 18.3. The number of aryl methyl sites for hydroxylation is 1. The van der Waals surface area contributed by atoms with Crippen LogP contribution in [0.5, 0.6) is 5.75 Å². The van der Waals surface area contributed by atoms with Crippen molar-refractivity contribution in [2.75, 3.05) is 32.1 Å². The van der Waals surface area contributed by atoms with E-state index in [-0.39, 0.29) is 6.23 Å². The quantitative estimate of drug-likeness (QED) is 0.344. The summed E-state index contributed by atoms with van der Waals surface area (Å²) in [6.45, 7) is 4.59. The van der Waals surface area contributed by atoms with Crippen molar-refractivity contribution in [1.82, 2.24) is 0 Å². The average Bonchev–Trinajstić information content (AvgIpc) is 2.92. The topological polar surface area (TPSA) is 47.6 Å². The minimum absolute atomic E-state index is 0.251. The number of quaternary nitrogens is 1. The number of rotatable bonds is 8. The number of halogens is 2. The zero-order valence-corrected chi connectivity index (χ0v) is 22.0. The molecule has 3 aromatic carbocycles. The predicted molar refractivity (Wildman–Crippen MR) is 143 cm³/mol. The van der Waals surface area contributed by atoms with Crippen molar-refractivity contribution in [3.63, 3.8) is 0 Å². The lowest BCUT2D eigenvalue weighted by Crippen LogP contribution is -2.68. The van der Waals surface area contributed by atoms with E-state index >= 15 is 0 Å². The molecule has 2 bridgehead atoms. The summed E-state index contributed by atoms with van der Waals surface area (Å²) in [5.41, 5.74) is 3.84. The van der Waals surface area contributed by atoms with Crippen LogP contribution in [-0.2, 0) is 17.6 Å². The van der Waals surface area contributed by atoms with Gasteiger partial charge in [0.15, 0.2) is 11.6 Å². The van der Waals surface area contributed by atoms with Gasteiger partial charge >= 0.3 is 6.09 Å².